The van der Waals surface area contributed by atoms with E-state index in [2.05, 4.69) is 9.84 Å². The summed E-state index contributed by atoms with van der Waals surface area (Å²) in [4.78, 5) is 12.3. The van der Waals surface area contributed by atoms with Crippen molar-refractivity contribution >= 4 is 5.97 Å². The van der Waals surface area contributed by atoms with Gasteiger partial charge in [-0.25, -0.2) is 22.4 Å². The molecule has 0 spiro atoms. The average Bonchev–Trinajstić information content (AvgIpc) is 3.43. The predicted molar refractivity (Wildman–Crippen MR) is 90.9 cm³/mol. The van der Waals surface area contributed by atoms with Crippen LogP contribution in [0.1, 0.15) is 40.2 Å². The zero-order chi connectivity index (χ0) is 21.6. The Bertz CT molecular complexity index is 1110. The van der Waals surface area contributed by atoms with E-state index < -0.39 is 52.2 Å². The van der Waals surface area contributed by atoms with Gasteiger partial charge in [0.25, 0.3) is 0 Å². The van der Waals surface area contributed by atoms with Gasteiger partial charge in [-0.05, 0) is 42.0 Å². The molecule has 4 nitrogen and oxygen atoms in total. The Morgan fingerprint density at radius 1 is 0.967 bits per heavy atom. The summed E-state index contributed by atoms with van der Waals surface area (Å²) in [7, 11) is 0. The van der Waals surface area contributed by atoms with Crippen LogP contribution in [0.25, 0.3) is 0 Å². The SMILES string of the molecule is O=C(Oc1c(F)c(F)c(F)c(F)c1F)c1ccc(Cn2cccn2)c(C2CC2)c1F. The first-order chi connectivity index (χ1) is 14.3. The van der Waals surface area contributed by atoms with Crippen molar-refractivity contribution in [3.8, 4) is 5.75 Å². The number of ether oxygens (including phenoxy) is 1. The molecule has 0 saturated heterocycles. The second-order valence-corrected chi connectivity index (χ2v) is 6.77. The van der Waals surface area contributed by atoms with E-state index in [1.54, 1.807) is 23.1 Å². The van der Waals surface area contributed by atoms with Gasteiger partial charge >= 0.3 is 5.97 Å². The number of rotatable bonds is 5. The molecule has 2 aromatic carbocycles. The summed E-state index contributed by atoms with van der Waals surface area (Å²) >= 11 is 0. The number of halogens is 6. The summed E-state index contributed by atoms with van der Waals surface area (Å²) in [5.41, 5.74) is 0.105. The fraction of sp³-hybridized carbons (Fsp3) is 0.200. The van der Waals surface area contributed by atoms with Gasteiger partial charge in [0.2, 0.25) is 34.8 Å². The molecule has 0 bridgehead atoms. The summed E-state index contributed by atoms with van der Waals surface area (Å²) < 4.78 is 88.3. The van der Waals surface area contributed by atoms with Crippen molar-refractivity contribution in [1.29, 1.82) is 0 Å². The number of hydrogen-bond acceptors (Lipinski definition) is 3. The van der Waals surface area contributed by atoms with Crippen LogP contribution in [0.4, 0.5) is 26.3 Å². The Kier molecular flexibility index (Phi) is 5.00. The second-order valence-electron chi connectivity index (χ2n) is 6.77. The van der Waals surface area contributed by atoms with Gasteiger partial charge in [-0.1, -0.05) is 6.07 Å². The Morgan fingerprint density at radius 3 is 2.17 bits per heavy atom. The highest BCUT2D eigenvalue weighted by atomic mass is 19.2. The molecule has 0 atom stereocenters. The average molecular weight is 426 g/mol. The number of nitrogens with zero attached hydrogens (tertiary/aromatic N) is 2. The molecule has 0 N–H and O–H groups in total. The molecule has 1 heterocycles. The van der Waals surface area contributed by atoms with Gasteiger partial charge in [-0.2, -0.15) is 13.9 Å². The number of aromatic nitrogens is 2. The van der Waals surface area contributed by atoms with Crippen molar-refractivity contribution in [2.45, 2.75) is 25.3 Å². The second kappa shape index (κ2) is 7.51. The smallest absolute Gasteiger partial charge is 0.346 e. The molecule has 1 saturated carbocycles. The monoisotopic (exact) mass is 426 g/mol. The van der Waals surface area contributed by atoms with Crippen molar-refractivity contribution in [3.63, 3.8) is 0 Å². The van der Waals surface area contributed by atoms with E-state index in [0.717, 1.165) is 6.07 Å². The first-order valence-corrected chi connectivity index (χ1v) is 8.81. The molecule has 10 heteroatoms. The first-order valence-electron chi connectivity index (χ1n) is 8.81. The van der Waals surface area contributed by atoms with Crippen LogP contribution in [0.3, 0.4) is 0 Å². The number of carbonyl (C=O) groups excluding carboxylic acids is 1. The van der Waals surface area contributed by atoms with Gasteiger partial charge in [-0.15, -0.1) is 0 Å². The molecule has 1 aliphatic rings. The van der Waals surface area contributed by atoms with E-state index in [0.29, 0.717) is 18.4 Å². The van der Waals surface area contributed by atoms with Gasteiger partial charge in [0.05, 0.1) is 12.1 Å². The van der Waals surface area contributed by atoms with Crippen molar-refractivity contribution in [1.82, 2.24) is 9.78 Å². The van der Waals surface area contributed by atoms with Gasteiger partial charge < -0.3 is 4.74 Å². The highest BCUT2D eigenvalue weighted by Gasteiger charge is 2.33. The molecular formula is C20H12F6N2O2. The van der Waals surface area contributed by atoms with Gasteiger partial charge in [-0.3, -0.25) is 4.68 Å². The maximum Gasteiger partial charge on any atom is 0.346 e. The van der Waals surface area contributed by atoms with Crippen molar-refractivity contribution < 1.29 is 35.9 Å². The highest BCUT2D eigenvalue weighted by molar-refractivity contribution is 5.92. The summed E-state index contributed by atoms with van der Waals surface area (Å²) in [5, 5.41) is 4.04. The summed E-state index contributed by atoms with van der Waals surface area (Å²) in [5.74, 6) is -16.1. The largest absolute Gasteiger partial charge is 0.416 e. The topological polar surface area (TPSA) is 44.1 Å². The molecule has 156 valence electrons. The zero-order valence-corrected chi connectivity index (χ0v) is 15.1. The van der Waals surface area contributed by atoms with Crippen LogP contribution in [0.2, 0.25) is 0 Å². The van der Waals surface area contributed by atoms with E-state index in [1.165, 1.54) is 6.07 Å². The lowest BCUT2D eigenvalue weighted by Gasteiger charge is -2.14. The lowest BCUT2D eigenvalue weighted by Crippen LogP contribution is -2.17. The lowest BCUT2D eigenvalue weighted by molar-refractivity contribution is 0.0711. The summed E-state index contributed by atoms with van der Waals surface area (Å²) in [6.45, 7) is 0.225. The minimum atomic E-state index is -2.39. The molecule has 0 radical (unpaired) electrons. The Morgan fingerprint density at radius 2 is 1.60 bits per heavy atom. The molecule has 30 heavy (non-hydrogen) atoms. The number of carbonyl (C=O) groups is 1. The van der Waals surface area contributed by atoms with Gasteiger partial charge in [0.1, 0.15) is 5.82 Å². The van der Waals surface area contributed by atoms with E-state index >= 15 is 4.39 Å². The fourth-order valence-electron chi connectivity index (χ4n) is 3.13. The number of esters is 1. The minimum Gasteiger partial charge on any atom is -0.416 e. The normalized spacial score (nSPS) is 13.5. The van der Waals surface area contributed by atoms with Crippen LogP contribution in [-0.2, 0) is 6.54 Å². The number of benzene rings is 2. The zero-order valence-electron chi connectivity index (χ0n) is 15.1. The van der Waals surface area contributed by atoms with Gasteiger partial charge in [0, 0.05) is 12.4 Å². The van der Waals surface area contributed by atoms with Crippen LogP contribution in [-0.4, -0.2) is 15.7 Å². The van der Waals surface area contributed by atoms with Crippen LogP contribution < -0.4 is 4.74 Å². The van der Waals surface area contributed by atoms with Gasteiger partial charge in [0.15, 0.2) is 0 Å². The third kappa shape index (κ3) is 3.42. The first kappa shape index (κ1) is 20.0. The van der Waals surface area contributed by atoms with E-state index in [-0.39, 0.29) is 18.0 Å². The van der Waals surface area contributed by atoms with Crippen LogP contribution in [0, 0.1) is 34.9 Å². The molecule has 1 aromatic heterocycles. The molecule has 4 rings (SSSR count). The molecular weight excluding hydrogens is 414 g/mol. The van der Waals surface area contributed by atoms with E-state index in [4.69, 9.17) is 0 Å². The van der Waals surface area contributed by atoms with Crippen LogP contribution in [0.5, 0.6) is 5.75 Å². The Hall–Kier alpha value is -3.30. The van der Waals surface area contributed by atoms with E-state index in [9.17, 15) is 26.7 Å². The summed E-state index contributed by atoms with van der Waals surface area (Å²) in [6.07, 6.45) is 4.57. The Labute approximate surface area is 165 Å². The quantitative estimate of drug-likeness (QED) is 0.192. The van der Waals surface area contributed by atoms with Crippen molar-refractivity contribution in [3.05, 3.63) is 82.2 Å². The Balaban J connectivity index is 1.70. The maximum atomic E-state index is 15.1. The highest BCUT2D eigenvalue weighted by Crippen LogP contribution is 2.44. The third-order valence-corrected chi connectivity index (χ3v) is 4.73. The van der Waals surface area contributed by atoms with Crippen molar-refractivity contribution in [2.75, 3.05) is 0 Å². The molecule has 0 amide bonds. The molecule has 1 aliphatic carbocycles. The fourth-order valence-corrected chi connectivity index (χ4v) is 3.13. The molecule has 0 unspecified atom stereocenters. The van der Waals surface area contributed by atoms with Crippen molar-refractivity contribution in [2.24, 2.45) is 0 Å². The lowest BCUT2D eigenvalue weighted by atomic mass is 9.98. The minimum absolute atomic E-state index is 0.155. The molecule has 3 aromatic rings. The number of hydrogen-bond donors (Lipinski definition) is 0. The predicted octanol–water partition coefficient (Wildman–Crippen LogP) is 4.86. The summed E-state index contributed by atoms with van der Waals surface area (Å²) in [6, 6.07) is 4.16. The van der Waals surface area contributed by atoms with Crippen LogP contribution in [0.15, 0.2) is 30.6 Å². The molecule has 0 aliphatic heterocycles. The van der Waals surface area contributed by atoms with Crippen LogP contribution >= 0.6 is 0 Å². The van der Waals surface area contributed by atoms with E-state index in [1.807, 2.05) is 0 Å². The molecule has 1 fully saturated rings. The third-order valence-electron chi connectivity index (χ3n) is 4.73. The maximum absolute atomic E-state index is 15.1. The standard InChI is InChI=1S/C20H12F6N2O2/c21-13-11(20(29)30-19-17(25)15(23)14(22)16(24)18(19)26)5-4-10(12(13)9-2-3-9)8-28-7-1-6-27-28/h1,4-7,9H,2-3,8H2.